The van der Waals surface area contributed by atoms with Gasteiger partial charge >= 0.3 is 5.97 Å². The minimum atomic E-state index is -0.852. The van der Waals surface area contributed by atoms with Crippen LogP contribution < -0.4 is 5.32 Å². The number of carbonyl (C=O) groups is 2. The molecule has 27 heavy (non-hydrogen) atoms. The summed E-state index contributed by atoms with van der Waals surface area (Å²) in [5, 5.41) is 20.8. The molecule has 0 unspecified atom stereocenters. The van der Waals surface area contributed by atoms with Crippen molar-refractivity contribution in [1.29, 1.82) is 5.26 Å². The highest BCUT2D eigenvalue weighted by Gasteiger charge is 2.35. The molecule has 3 rings (SSSR count). The SMILES string of the molecule is Cc1nn(-c2cccc(Cl)c2)nc1C(=O)OCC(=O)NC1(C#N)CCCC1. The second kappa shape index (κ2) is 7.76. The number of aromatic nitrogens is 3. The Morgan fingerprint density at radius 2 is 2.11 bits per heavy atom. The molecule has 9 heteroatoms. The molecule has 1 heterocycles. The van der Waals surface area contributed by atoms with E-state index in [-0.39, 0.29) is 5.69 Å². The van der Waals surface area contributed by atoms with Crippen LogP contribution in [0.3, 0.4) is 0 Å². The largest absolute Gasteiger partial charge is 0.451 e. The Bertz CT molecular complexity index is 912. The molecule has 0 radical (unpaired) electrons. The number of halogens is 1. The maximum atomic E-state index is 12.3. The summed E-state index contributed by atoms with van der Waals surface area (Å²) in [6.07, 6.45) is 2.99. The maximum Gasteiger partial charge on any atom is 0.361 e. The number of esters is 1. The molecule has 1 aliphatic rings. The van der Waals surface area contributed by atoms with Crippen molar-refractivity contribution in [2.75, 3.05) is 6.61 Å². The van der Waals surface area contributed by atoms with Gasteiger partial charge in [-0.15, -0.1) is 5.10 Å². The molecule has 1 aromatic heterocycles. The molecule has 140 valence electrons. The van der Waals surface area contributed by atoms with Crippen LogP contribution in [0.4, 0.5) is 0 Å². The van der Waals surface area contributed by atoms with Crippen molar-refractivity contribution >= 4 is 23.5 Å². The Hall–Kier alpha value is -2.92. The van der Waals surface area contributed by atoms with Crippen molar-refractivity contribution in [3.8, 4) is 11.8 Å². The zero-order valence-corrected chi connectivity index (χ0v) is 15.5. The maximum absolute atomic E-state index is 12.3. The molecule has 0 aliphatic heterocycles. The zero-order chi connectivity index (χ0) is 19.4. The Morgan fingerprint density at radius 1 is 1.37 bits per heavy atom. The van der Waals surface area contributed by atoms with Crippen molar-refractivity contribution in [3.05, 3.63) is 40.7 Å². The Balaban J connectivity index is 1.63. The summed E-state index contributed by atoms with van der Waals surface area (Å²) >= 11 is 5.95. The first-order valence-corrected chi connectivity index (χ1v) is 8.89. The predicted molar refractivity (Wildman–Crippen MR) is 96.3 cm³/mol. The van der Waals surface area contributed by atoms with E-state index in [0.717, 1.165) is 12.8 Å². The number of aryl methyl sites for hydroxylation is 1. The third kappa shape index (κ3) is 4.26. The molecule has 1 N–H and O–H groups in total. The molecule has 1 fully saturated rings. The van der Waals surface area contributed by atoms with Gasteiger partial charge in [0.1, 0.15) is 5.54 Å². The van der Waals surface area contributed by atoms with E-state index in [2.05, 4.69) is 21.6 Å². The van der Waals surface area contributed by atoms with E-state index in [9.17, 15) is 14.9 Å². The van der Waals surface area contributed by atoms with Gasteiger partial charge in [-0.2, -0.15) is 15.2 Å². The molecule has 1 aliphatic carbocycles. The molecule has 8 nitrogen and oxygen atoms in total. The number of nitrogens with one attached hydrogen (secondary N) is 1. The third-order valence-electron chi connectivity index (χ3n) is 4.40. The van der Waals surface area contributed by atoms with Crippen LogP contribution in [0.15, 0.2) is 24.3 Å². The number of nitrogens with zero attached hydrogens (tertiary/aromatic N) is 4. The standard InChI is InChI=1S/C18H18ClN5O3/c1-12-16(23-24(22-12)14-6-4-5-13(19)9-14)17(26)27-10-15(25)21-18(11-20)7-2-3-8-18/h4-6,9H,2-3,7-8,10H2,1H3,(H,21,25). The van der Waals surface area contributed by atoms with Gasteiger partial charge in [0.05, 0.1) is 17.5 Å². The molecular formula is C18H18ClN5O3. The first-order valence-electron chi connectivity index (χ1n) is 8.52. The van der Waals surface area contributed by atoms with Crippen molar-refractivity contribution in [3.63, 3.8) is 0 Å². The van der Waals surface area contributed by atoms with E-state index in [4.69, 9.17) is 16.3 Å². The van der Waals surface area contributed by atoms with Gasteiger partial charge in [-0.1, -0.05) is 17.7 Å². The molecule has 1 aromatic carbocycles. The van der Waals surface area contributed by atoms with Gasteiger partial charge in [0, 0.05) is 5.02 Å². The van der Waals surface area contributed by atoms with E-state index in [1.165, 1.54) is 4.80 Å². The van der Waals surface area contributed by atoms with Crippen molar-refractivity contribution < 1.29 is 14.3 Å². The van der Waals surface area contributed by atoms with Crippen LogP contribution in [-0.2, 0) is 9.53 Å². The molecule has 1 amide bonds. The third-order valence-corrected chi connectivity index (χ3v) is 4.63. The lowest BCUT2D eigenvalue weighted by Gasteiger charge is -2.21. The molecule has 2 aromatic rings. The number of hydrogen-bond acceptors (Lipinski definition) is 6. The van der Waals surface area contributed by atoms with Gasteiger partial charge in [-0.05, 0) is 50.8 Å². The highest BCUT2D eigenvalue weighted by atomic mass is 35.5. The number of hydrogen-bond donors (Lipinski definition) is 1. The topological polar surface area (TPSA) is 110 Å². The smallest absolute Gasteiger partial charge is 0.361 e. The predicted octanol–water partition coefficient (Wildman–Crippen LogP) is 2.34. The van der Waals surface area contributed by atoms with Gasteiger partial charge in [0.15, 0.2) is 12.3 Å². The Labute approximate surface area is 161 Å². The summed E-state index contributed by atoms with van der Waals surface area (Å²) in [5.74, 6) is -1.26. The van der Waals surface area contributed by atoms with Gasteiger partial charge in [0.2, 0.25) is 0 Å². The average molecular weight is 388 g/mol. The molecule has 0 saturated heterocycles. The lowest BCUT2D eigenvalue weighted by atomic mass is 10.00. The summed E-state index contributed by atoms with van der Waals surface area (Å²) in [6.45, 7) is 1.14. The normalized spacial score (nSPS) is 15.1. The van der Waals surface area contributed by atoms with Crippen LogP contribution in [-0.4, -0.2) is 39.0 Å². The number of ether oxygens (including phenoxy) is 1. The lowest BCUT2D eigenvalue weighted by molar-refractivity contribution is -0.125. The number of nitriles is 1. The first kappa shape index (κ1) is 18.9. The highest BCUT2D eigenvalue weighted by molar-refractivity contribution is 6.30. The van der Waals surface area contributed by atoms with Crippen LogP contribution in [0.1, 0.15) is 41.9 Å². The summed E-state index contributed by atoms with van der Waals surface area (Å²) in [6, 6.07) is 9.02. The summed E-state index contributed by atoms with van der Waals surface area (Å²) in [4.78, 5) is 25.6. The van der Waals surface area contributed by atoms with Gasteiger partial charge in [-0.25, -0.2) is 4.79 Å². The molecule has 0 spiro atoms. The summed E-state index contributed by atoms with van der Waals surface area (Å²) in [7, 11) is 0. The molecule has 1 saturated carbocycles. The Morgan fingerprint density at radius 3 is 2.78 bits per heavy atom. The minimum Gasteiger partial charge on any atom is -0.451 e. The monoisotopic (exact) mass is 387 g/mol. The van der Waals surface area contributed by atoms with E-state index >= 15 is 0 Å². The van der Waals surface area contributed by atoms with Gasteiger partial charge in [-0.3, -0.25) is 4.79 Å². The second-order valence-electron chi connectivity index (χ2n) is 6.43. The highest BCUT2D eigenvalue weighted by Crippen LogP contribution is 2.28. The summed E-state index contributed by atoms with van der Waals surface area (Å²) in [5.41, 5.74) is 0.123. The van der Waals surface area contributed by atoms with Crippen molar-refractivity contribution in [2.24, 2.45) is 0 Å². The Kier molecular flexibility index (Phi) is 5.42. The molecular weight excluding hydrogens is 370 g/mol. The molecule has 0 bridgehead atoms. The van der Waals surface area contributed by atoms with Crippen LogP contribution in [0, 0.1) is 18.3 Å². The number of carbonyl (C=O) groups excluding carboxylic acids is 2. The first-order chi connectivity index (χ1) is 12.9. The van der Waals surface area contributed by atoms with E-state index in [0.29, 0.717) is 29.2 Å². The van der Waals surface area contributed by atoms with E-state index in [1.807, 2.05) is 0 Å². The van der Waals surface area contributed by atoms with Crippen molar-refractivity contribution in [1.82, 2.24) is 20.3 Å². The average Bonchev–Trinajstić information content (AvgIpc) is 3.27. The van der Waals surface area contributed by atoms with Crippen LogP contribution in [0.5, 0.6) is 0 Å². The number of amides is 1. The van der Waals surface area contributed by atoms with Crippen LogP contribution in [0.25, 0.3) is 5.69 Å². The fourth-order valence-corrected chi connectivity index (χ4v) is 3.21. The van der Waals surface area contributed by atoms with Crippen LogP contribution in [0.2, 0.25) is 5.02 Å². The van der Waals surface area contributed by atoms with E-state index in [1.54, 1.807) is 31.2 Å². The zero-order valence-electron chi connectivity index (χ0n) is 14.7. The molecule has 0 atom stereocenters. The fourth-order valence-electron chi connectivity index (χ4n) is 3.03. The second-order valence-corrected chi connectivity index (χ2v) is 6.87. The van der Waals surface area contributed by atoms with Gasteiger partial charge in [0.25, 0.3) is 5.91 Å². The van der Waals surface area contributed by atoms with Crippen LogP contribution >= 0.6 is 11.6 Å². The summed E-state index contributed by atoms with van der Waals surface area (Å²) < 4.78 is 5.04. The lowest BCUT2D eigenvalue weighted by Crippen LogP contribution is -2.46. The van der Waals surface area contributed by atoms with Gasteiger partial charge < -0.3 is 10.1 Å². The minimum absolute atomic E-state index is 0.0126. The fraction of sp³-hybridized carbons (Fsp3) is 0.389. The van der Waals surface area contributed by atoms with E-state index < -0.39 is 24.0 Å². The number of benzene rings is 1. The van der Waals surface area contributed by atoms with Crippen molar-refractivity contribution in [2.45, 2.75) is 38.1 Å². The number of rotatable bonds is 5. The quantitative estimate of drug-likeness (QED) is 0.788.